The molecule has 3 aromatic carbocycles. The van der Waals surface area contributed by atoms with Gasteiger partial charge in [0, 0.05) is 5.69 Å². The molecule has 0 heterocycles. The van der Waals surface area contributed by atoms with Crippen molar-refractivity contribution in [3.05, 3.63) is 76.8 Å². The molecule has 0 fully saturated rings. The van der Waals surface area contributed by atoms with Gasteiger partial charge in [-0.05, 0) is 67.4 Å². The molecule has 0 aliphatic rings. The molecule has 0 aliphatic carbocycles. The second-order valence-electron chi connectivity index (χ2n) is 7.11. The summed E-state index contributed by atoms with van der Waals surface area (Å²) in [5.41, 5.74) is 2.56. The van der Waals surface area contributed by atoms with Crippen molar-refractivity contribution in [1.82, 2.24) is 0 Å². The molecule has 0 spiro atoms. The first-order valence-corrected chi connectivity index (χ1v) is 11.5. The Bertz CT molecular complexity index is 1220. The van der Waals surface area contributed by atoms with Crippen LogP contribution in [0.5, 0.6) is 11.5 Å². The monoisotopic (exact) mass is 474 g/mol. The van der Waals surface area contributed by atoms with E-state index in [0.717, 1.165) is 11.1 Å². The number of hydrogen-bond donors (Lipinski definition) is 2. The number of methoxy groups -OCH3 is 1. The van der Waals surface area contributed by atoms with E-state index in [2.05, 4.69) is 10.0 Å². The van der Waals surface area contributed by atoms with Crippen LogP contribution in [0.15, 0.2) is 65.6 Å². The van der Waals surface area contributed by atoms with Crippen molar-refractivity contribution in [2.45, 2.75) is 18.7 Å². The fourth-order valence-corrected chi connectivity index (χ4v) is 4.59. The summed E-state index contributed by atoms with van der Waals surface area (Å²) in [5.74, 6) is 0.269. The third-order valence-electron chi connectivity index (χ3n) is 4.42. The Labute approximate surface area is 192 Å². The number of anilines is 2. The van der Waals surface area contributed by atoms with E-state index in [1.807, 2.05) is 32.0 Å². The quantitative estimate of drug-likeness (QED) is 0.490. The standard InChI is InChI=1S/C23H23ClN2O5S/c1-15-10-16(2)12-18(11-15)31-14-23(27)25-17-8-9-21(30-3)22(13-17)32(28,29)26-20-7-5-4-6-19(20)24/h4-13,26H,14H2,1-3H3,(H,25,27). The minimum atomic E-state index is -4.04. The van der Waals surface area contributed by atoms with Crippen molar-refractivity contribution < 1.29 is 22.7 Å². The fourth-order valence-electron chi connectivity index (χ4n) is 3.07. The molecule has 32 heavy (non-hydrogen) atoms. The van der Waals surface area contributed by atoms with E-state index in [4.69, 9.17) is 21.1 Å². The van der Waals surface area contributed by atoms with Crippen molar-refractivity contribution in [1.29, 1.82) is 0 Å². The highest BCUT2D eigenvalue weighted by Crippen LogP contribution is 2.30. The summed E-state index contributed by atoms with van der Waals surface area (Å²) >= 11 is 6.07. The van der Waals surface area contributed by atoms with E-state index in [1.165, 1.54) is 19.2 Å². The number of halogens is 1. The zero-order chi connectivity index (χ0) is 23.3. The van der Waals surface area contributed by atoms with Gasteiger partial charge in [0.15, 0.2) is 6.61 Å². The van der Waals surface area contributed by atoms with Crippen LogP contribution in [0.1, 0.15) is 11.1 Å². The smallest absolute Gasteiger partial charge is 0.265 e. The lowest BCUT2D eigenvalue weighted by atomic mass is 10.1. The van der Waals surface area contributed by atoms with Crippen molar-refractivity contribution in [2.75, 3.05) is 23.8 Å². The Morgan fingerprint density at radius 2 is 1.69 bits per heavy atom. The lowest BCUT2D eigenvalue weighted by Gasteiger charge is -2.14. The summed E-state index contributed by atoms with van der Waals surface area (Å²) in [6.07, 6.45) is 0. The molecule has 1 amide bonds. The molecule has 0 saturated heterocycles. The van der Waals surface area contributed by atoms with Gasteiger partial charge in [-0.1, -0.05) is 29.8 Å². The molecule has 9 heteroatoms. The van der Waals surface area contributed by atoms with Crippen molar-refractivity contribution in [3.8, 4) is 11.5 Å². The summed E-state index contributed by atoms with van der Waals surface area (Å²) < 4.78 is 39.1. The molecular weight excluding hydrogens is 452 g/mol. The van der Waals surface area contributed by atoms with Gasteiger partial charge in [0.1, 0.15) is 16.4 Å². The summed E-state index contributed by atoms with van der Waals surface area (Å²) in [6.45, 7) is 3.65. The molecule has 0 saturated carbocycles. The molecule has 2 N–H and O–H groups in total. The van der Waals surface area contributed by atoms with Crippen molar-refractivity contribution >= 4 is 38.9 Å². The number of amides is 1. The Morgan fingerprint density at radius 1 is 1.00 bits per heavy atom. The second kappa shape index (κ2) is 9.93. The number of carbonyl (C=O) groups excluding carboxylic acids is 1. The van der Waals surface area contributed by atoms with E-state index >= 15 is 0 Å². The number of nitrogens with one attached hydrogen (secondary N) is 2. The number of para-hydroxylation sites is 1. The first-order chi connectivity index (χ1) is 15.2. The van der Waals surface area contributed by atoms with Crippen LogP contribution in [-0.4, -0.2) is 28.0 Å². The molecule has 0 aliphatic heterocycles. The third kappa shape index (κ3) is 5.93. The van der Waals surface area contributed by atoms with Crippen LogP contribution in [0.3, 0.4) is 0 Å². The molecular formula is C23H23ClN2O5S. The Hall–Kier alpha value is -3.23. The highest BCUT2D eigenvalue weighted by atomic mass is 35.5. The number of hydrogen-bond acceptors (Lipinski definition) is 5. The molecule has 3 rings (SSSR count). The van der Waals surface area contributed by atoms with Crippen LogP contribution in [0.4, 0.5) is 11.4 Å². The van der Waals surface area contributed by atoms with E-state index in [1.54, 1.807) is 30.3 Å². The lowest BCUT2D eigenvalue weighted by Crippen LogP contribution is -2.21. The Morgan fingerprint density at radius 3 is 2.34 bits per heavy atom. The van der Waals surface area contributed by atoms with Gasteiger partial charge in [-0.25, -0.2) is 8.42 Å². The van der Waals surface area contributed by atoms with E-state index in [-0.39, 0.29) is 33.6 Å². The molecule has 7 nitrogen and oxygen atoms in total. The minimum absolute atomic E-state index is 0.119. The van der Waals surface area contributed by atoms with Crippen molar-refractivity contribution in [3.63, 3.8) is 0 Å². The van der Waals surface area contributed by atoms with Gasteiger partial charge in [-0.3, -0.25) is 9.52 Å². The van der Waals surface area contributed by atoms with Crippen LogP contribution >= 0.6 is 11.6 Å². The zero-order valence-corrected chi connectivity index (χ0v) is 19.4. The van der Waals surface area contributed by atoms with E-state index < -0.39 is 15.9 Å². The highest BCUT2D eigenvalue weighted by Gasteiger charge is 2.22. The molecule has 0 aromatic heterocycles. The minimum Gasteiger partial charge on any atom is -0.495 e. The molecule has 0 radical (unpaired) electrons. The predicted octanol–water partition coefficient (Wildman–Crippen LogP) is 4.78. The largest absolute Gasteiger partial charge is 0.495 e. The van der Waals surface area contributed by atoms with Crippen LogP contribution in [0.25, 0.3) is 0 Å². The number of ether oxygens (including phenoxy) is 2. The summed E-state index contributed by atoms with van der Waals surface area (Å²) in [6, 6.07) is 16.5. The maximum atomic E-state index is 13.0. The fraction of sp³-hybridized carbons (Fsp3) is 0.174. The SMILES string of the molecule is COc1ccc(NC(=O)COc2cc(C)cc(C)c2)cc1S(=O)(=O)Nc1ccccc1Cl. The third-order valence-corrected chi connectivity index (χ3v) is 6.14. The number of aryl methyl sites for hydroxylation is 2. The van der Waals surface area contributed by atoms with E-state index in [0.29, 0.717) is 5.75 Å². The second-order valence-corrected chi connectivity index (χ2v) is 9.17. The number of carbonyl (C=O) groups is 1. The molecule has 0 atom stereocenters. The average molecular weight is 475 g/mol. The van der Waals surface area contributed by atoms with Gasteiger partial charge >= 0.3 is 0 Å². The predicted molar refractivity (Wildman–Crippen MR) is 125 cm³/mol. The number of sulfonamides is 1. The maximum absolute atomic E-state index is 13.0. The number of benzene rings is 3. The van der Waals surface area contributed by atoms with Gasteiger partial charge < -0.3 is 14.8 Å². The summed E-state index contributed by atoms with van der Waals surface area (Å²) in [7, 11) is -2.68. The van der Waals surface area contributed by atoms with Crippen molar-refractivity contribution in [2.24, 2.45) is 0 Å². The summed E-state index contributed by atoms with van der Waals surface area (Å²) in [5, 5.41) is 2.90. The normalized spacial score (nSPS) is 11.0. The van der Waals surface area contributed by atoms with Crippen LogP contribution in [0.2, 0.25) is 5.02 Å². The molecule has 3 aromatic rings. The lowest BCUT2D eigenvalue weighted by molar-refractivity contribution is -0.118. The van der Waals surface area contributed by atoms with Gasteiger partial charge in [0.2, 0.25) is 0 Å². The first kappa shape index (κ1) is 23.4. The number of rotatable bonds is 8. The van der Waals surface area contributed by atoms with Gasteiger partial charge in [-0.2, -0.15) is 0 Å². The molecule has 168 valence electrons. The van der Waals surface area contributed by atoms with Crippen LogP contribution in [0, 0.1) is 13.8 Å². The van der Waals surface area contributed by atoms with E-state index in [9.17, 15) is 13.2 Å². The van der Waals surface area contributed by atoms with Gasteiger partial charge in [0.05, 0.1) is 17.8 Å². The zero-order valence-electron chi connectivity index (χ0n) is 17.8. The van der Waals surface area contributed by atoms with Gasteiger partial charge in [-0.15, -0.1) is 0 Å². The van der Waals surface area contributed by atoms with Crippen LogP contribution < -0.4 is 19.5 Å². The topological polar surface area (TPSA) is 93.7 Å². The Balaban J connectivity index is 1.76. The molecule has 0 bridgehead atoms. The van der Waals surface area contributed by atoms with Crippen LogP contribution in [-0.2, 0) is 14.8 Å². The summed E-state index contributed by atoms with van der Waals surface area (Å²) in [4.78, 5) is 12.2. The first-order valence-electron chi connectivity index (χ1n) is 9.64. The van der Waals surface area contributed by atoms with Gasteiger partial charge in [0.25, 0.3) is 15.9 Å². The Kier molecular flexibility index (Phi) is 7.27. The maximum Gasteiger partial charge on any atom is 0.265 e. The highest BCUT2D eigenvalue weighted by molar-refractivity contribution is 7.92. The average Bonchev–Trinajstić information content (AvgIpc) is 2.73. The molecule has 0 unspecified atom stereocenters.